The van der Waals surface area contributed by atoms with Crippen LogP contribution in [0.15, 0.2) is 52.1 Å². The highest BCUT2D eigenvalue weighted by molar-refractivity contribution is 8.26. The van der Waals surface area contributed by atoms with Gasteiger partial charge in [0.25, 0.3) is 5.91 Å². The van der Waals surface area contributed by atoms with Crippen LogP contribution in [0.4, 0.5) is 0 Å². The SMILES string of the molecule is CCOc1cc(/C=C2\C(=N)N3N=C(C)SC3=NC2=O)cc(Cl)c1OCCOc1ccccc1Cl. The molecule has 1 N–H and O–H groups in total. The number of carbonyl (C=O) groups is 1. The smallest absolute Gasteiger partial charge is 0.283 e. The maximum absolute atomic E-state index is 12.5. The molecule has 0 unspecified atom stereocenters. The fourth-order valence-corrected chi connectivity index (χ4v) is 4.38. The summed E-state index contributed by atoms with van der Waals surface area (Å²) in [6.45, 7) is 4.46. The first-order valence-electron chi connectivity index (χ1n) is 10.3. The van der Waals surface area contributed by atoms with Crippen LogP contribution in [0.2, 0.25) is 10.0 Å². The molecule has 0 radical (unpaired) electrons. The minimum absolute atomic E-state index is 0.0505. The number of hydrogen-bond donors (Lipinski definition) is 1. The molecule has 0 atom stereocenters. The molecule has 1 amide bonds. The van der Waals surface area contributed by atoms with Crippen molar-refractivity contribution in [1.29, 1.82) is 5.41 Å². The Morgan fingerprint density at radius 1 is 1.09 bits per heavy atom. The first-order valence-corrected chi connectivity index (χ1v) is 11.9. The van der Waals surface area contributed by atoms with Crippen molar-refractivity contribution in [3.8, 4) is 17.2 Å². The topological polar surface area (TPSA) is 96.6 Å². The summed E-state index contributed by atoms with van der Waals surface area (Å²) < 4.78 is 17.2. The monoisotopic (exact) mass is 518 g/mol. The molecule has 34 heavy (non-hydrogen) atoms. The van der Waals surface area contributed by atoms with Crippen molar-refractivity contribution in [2.75, 3.05) is 19.8 Å². The Morgan fingerprint density at radius 3 is 2.62 bits per heavy atom. The van der Waals surface area contributed by atoms with E-state index in [2.05, 4.69) is 10.1 Å². The van der Waals surface area contributed by atoms with Crippen molar-refractivity contribution in [3.05, 3.63) is 57.6 Å². The number of fused-ring (bicyclic) bond motifs is 1. The normalized spacial score (nSPS) is 16.4. The third kappa shape index (κ3) is 5.22. The number of ether oxygens (including phenoxy) is 3. The summed E-state index contributed by atoms with van der Waals surface area (Å²) in [6.07, 6.45) is 1.54. The van der Waals surface area contributed by atoms with Gasteiger partial charge in [0.1, 0.15) is 19.0 Å². The molecule has 2 aromatic rings. The zero-order valence-electron chi connectivity index (χ0n) is 18.3. The van der Waals surface area contributed by atoms with Crippen LogP contribution in [0.3, 0.4) is 0 Å². The van der Waals surface area contributed by atoms with E-state index in [4.69, 9.17) is 42.8 Å². The number of para-hydroxylation sites is 1. The van der Waals surface area contributed by atoms with Gasteiger partial charge in [-0.05, 0) is 61.5 Å². The molecule has 0 aromatic heterocycles. The highest BCUT2D eigenvalue weighted by Gasteiger charge is 2.34. The van der Waals surface area contributed by atoms with Crippen LogP contribution < -0.4 is 14.2 Å². The van der Waals surface area contributed by atoms with Crippen molar-refractivity contribution < 1.29 is 19.0 Å². The average molecular weight is 519 g/mol. The van der Waals surface area contributed by atoms with E-state index in [0.29, 0.717) is 49.7 Å². The summed E-state index contributed by atoms with van der Waals surface area (Å²) in [4.78, 5) is 16.6. The van der Waals surface area contributed by atoms with Crippen LogP contribution in [0.25, 0.3) is 6.08 Å². The number of nitrogens with zero attached hydrogens (tertiary/aromatic N) is 3. The summed E-state index contributed by atoms with van der Waals surface area (Å²) in [6, 6.07) is 10.5. The Bertz CT molecular complexity index is 1250. The van der Waals surface area contributed by atoms with E-state index in [1.807, 2.05) is 19.1 Å². The van der Waals surface area contributed by atoms with Gasteiger partial charge in [-0.3, -0.25) is 10.2 Å². The zero-order valence-corrected chi connectivity index (χ0v) is 20.6. The number of thioether (sulfide) groups is 1. The summed E-state index contributed by atoms with van der Waals surface area (Å²) in [7, 11) is 0. The Morgan fingerprint density at radius 2 is 1.85 bits per heavy atom. The van der Waals surface area contributed by atoms with Gasteiger partial charge >= 0.3 is 0 Å². The number of hydrogen-bond acceptors (Lipinski definition) is 7. The van der Waals surface area contributed by atoms with Crippen LogP contribution in [0.1, 0.15) is 19.4 Å². The third-order valence-corrected chi connectivity index (χ3v) is 6.04. The fraction of sp³-hybridized carbons (Fsp3) is 0.217. The second-order valence-corrected chi connectivity index (χ2v) is 9.00. The van der Waals surface area contributed by atoms with Gasteiger partial charge in [-0.25, -0.2) is 0 Å². The molecule has 0 saturated carbocycles. The number of benzene rings is 2. The molecular weight excluding hydrogens is 499 g/mol. The van der Waals surface area contributed by atoms with E-state index in [9.17, 15) is 4.79 Å². The molecule has 11 heteroatoms. The first kappa shape index (κ1) is 24.1. The second-order valence-electron chi connectivity index (χ2n) is 7.03. The van der Waals surface area contributed by atoms with E-state index in [1.54, 1.807) is 31.2 Å². The number of aliphatic imine (C=N–C) groups is 1. The minimum atomic E-state index is -0.514. The highest BCUT2D eigenvalue weighted by Crippen LogP contribution is 2.38. The minimum Gasteiger partial charge on any atom is -0.490 e. The molecule has 0 aliphatic carbocycles. The molecule has 2 heterocycles. The quantitative estimate of drug-likeness (QED) is 0.366. The molecule has 0 fully saturated rings. The van der Waals surface area contributed by atoms with Gasteiger partial charge in [0, 0.05) is 0 Å². The number of carbonyl (C=O) groups excluding carboxylic acids is 1. The zero-order chi connectivity index (χ0) is 24.2. The van der Waals surface area contributed by atoms with Gasteiger partial charge in [-0.1, -0.05) is 35.3 Å². The van der Waals surface area contributed by atoms with E-state index < -0.39 is 5.91 Å². The third-order valence-electron chi connectivity index (χ3n) is 4.62. The number of nitrogens with one attached hydrogen (secondary N) is 1. The van der Waals surface area contributed by atoms with Crippen molar-refractivity contribution >= 4 is 63.0 Å². The maximum atomic E-state index is 12.5. The molecule has 4 rings (SSSR count). The lowest BCUT2D eigenvalue weighted by atomic mass is 10.1. The van der Waals surface area contributed by atoms with Crippen LogP contribution in [0, 0.1) is 5.41 Å². The lowest BCUT2D eigenvalue weighted by molar-refractivity contribution is -0.114. The molecule has 0 saturated heterocycles. The number of rotatable bonds is 8. The number of halogens is 2. The van der Waals surface area contributed by atoms with Gasteiger partial charge < -0.3 is 14.2 Å². The summed E-state index contributed by atoms with van der Waals surface area (Å²) in [5.74, 6) is 0.761. The molecule has 2 aliphatic rings. The average Bonchev–Trinajstić information content (AvgIpc) is 3.17. The summed E-state index contributed by atoms with van der Waals surface area (Å²) in [5, 5.41) is 15.9. The van der Waals surface area contributed by atoms with Crippen LogP contribution in [-0.4, -0.2) is 46.8 Å². The van der Waals surface area contributed by atoms with E-state index in [1.165, 1.54) is 22.8 Å². The van der Waals surface area contributed by atoms with Crippen LogP contribution in [-0.2, 0) is 4.79 Å². The van der Waals surface area contributed by atoms with E-state index in [-0.39, 0.29) is 24.6 Å². The second kappa shape index (κ2) is 10.5. The van der Waals surface area contributed by atoms with Crippen molar-refractivity contribution in [3.63, 3.8) is 0 Å². The summed E-state index contributed by atoms with van der Waals surface area (Å²) in [5.41, 5.74) is 0.663. The standard InChI is InChI=1S/C23H20Cl2N4O4S/c1-3-31-19-12-14(10-15-21(26)29-23(27-22(15)30)34-13(2)28-29)11-17(25)20(19)33-9-8-32-18-7-5-4-6-16(18)24/h4-7,10-12,26H,3,8-9H2,1-2H3/b15-10+,26-21?. The molecule has 176 valence electrons. The Labute approximate surface area is 210 Å². The number of amidine groups is 2. The lowest BCUT2D eigenvalue weighted by Crippen LogP contribution is -2.35. The molecular formula is C23H20Cl2N4O4S. The van der Waals surface area contributed by atoms with Gasteiger partial charge in [0.2, 0.25) is 5.17 Å². The van der Waals surface area contributed by atoms with Gasteiger partial charge in [-0.15, -0.1) is 0 Å². The number of amides is 1. The highest BCUT2D eigenvalue weighted by atomic mass is 35.5. The van der Waals surface area contributed by atoms with Crippen molar-refractivity contribution in [1.82, 2.24) is 5.01 Å². The predicted octanol–water partition coefficient (Wildman–Crippen LogP) is 5.49. The molecule has 2 aliphatic heterocycles. The van der Waals surface area contributed by atoms with E-state index >= 15 is 0 Å². The largest absolute Gasteiger partial charge is 0.490 e. The lowest BCUT2D eigenvalue weighted by Gasteiger charge is -2.20. The molecule has 0 bridgehead atoms. The Balaban J connectivity index is 1.52. The van der Waals surface area contributed by atoms with Gasteiger partial charge in [0.15, 0.2) is 17.3 Å². The fourth-order valence-electron chi connectivity index (χ4n) is 3.19. The Kier molecular flexibility index (Phi) is 7.45. The molecule has 8 nitrogen and oxygen atoms in total. The Hall–Kier alpha value is -3.01. The first-order chi connectivity index (χ1) is 16.4. The van der Waals surface area contributed by atoms with Crippen LogP contribution >= 0.6 is 35.0 Å². The van der Waals surface area contributed by atoms with Gasteiger partial charge in [0.05, 0.1) is 27.3 Å². The summed E-state index contributed by atoms with van der Waals surface area (Å²) >= 11 is 13.8. The van der Waals surface area contributed by atoms with Gasteiger partial charge in [-0.2, -0.15) is 15.1 Å². The molecule has 0 spiro atoms. The predicted molar refractivity (Wildman–Crippen MR) is 136 cm³/mol. The van der Waals surface area contributed by atoms with E-state index in [0.717, 1.165) is 0 Å². The van der Waals surface area contributed by atoms with Crippen molar-refractivity contribution in [2.45, 2.75) is 13.8 Å². The number of hydrazone groups is 1. The van der Waals surface area contributed by atoms with Crippen molar-refractivity contribution in [2.24, 2.45) is 10.1 Å². The van der Waals surface area contributed by atoms with Crippen LogP contribution in [0.5, 0.6) is 17.2 Å². The molecule has 2 aromatic carbocycles. The maximum Gasteiger partial charge on any atom is 0.283 e.